The lowest BCUT2D eigenvalue weighted by Crippen LogP contribution is -2.43. The lowest BCUT2D eigenvalue weighted by molar-refractivity contribution is 0.0733. The van der Waals surface area contributed by atoms with Crippen molar-refractivity contribution in [3.8, 4) is 17.2 Å². The minimum atomic E-state index is -3.76. The number of fused-ring (bicyclic) bond motifs is 1. The summed E-state index contributed by atoms with van der Waals surface area (Å²) in [5.74, 6) is -0.152. The average molecular weight is 605 g/mol. The van der Waals surface area contributed by atoms with Crippen LogP contribution in [-0.2, 0) is 14.9 Å². The lowest BCUT2D eigenvalue weighted by atomic mass is 10.1. The van der Waals surface area contributed by atoms with Crippen molar-refractivity contribution < 1.29 is 27.1 Å². The first-order valence-electron chi connectivity index (χ1n) is 13.5. The Morgan fingerprint density at radius 3 is 2.58 bits per heavy atom. The number of benzene rings is 3. The number of aryl methyl sites for hydroxylation is 2. The number of ether oxygens (including phenoxy) is 2. The highest BCUT2D eigenvalue weighted by Crippen LogP contribution is 2.30. The zero-order chi connectivity index (χ0) is 30.3. The number of halogens is 1. The number of rotatable bonds is 8. The fourth-order valence-corrected chi connectivity index (χ4v) is 6.23. The third kappa shape index (κ3) is 5.57. The van der Waals surface area contributed by atoms with Gasteiger partial charge in [-0.15, -0.1) is 0 Å². The van der Waals surface area contributed by atoms with Gasteiger partial charge in [0.25, 0.3) is 0 Å². The quantitative estimate of drug-likeness (QED) is 0.218. The van der Waals surface area contributed by atoms with Crippen LogP contribution in [0.4, 0.5) is 15.9 Å². The second-order valence-corrected chi connectivity index (χ2v) is 11.9. The molecule has 0 atom stereocenters. The number of nitrogens with one attached hydrogen (secondary N) is 2. The van der Waals surface area contributed by atoms with E-state index in [2.05, 4.69) is 14.8 Å². The number of carbonyl (C=O) groups is 1. The van der Waals surface area contributed by atoms with E-state index in [4.69, 9.17) is 15.2 Å². The Bertz CT molecular complexity index is 1960. The van der Waals surface area contributed by atoms with Crippen LogP contribution in [0.3, 0.4) is 0 Å². The van der Waals surface area contributed by atoms with E-state index in [-0.39, 0.29) is 41.7 Å². The van der Waals surface area contributed by atoms with Crippen molar-refractivity contribution in [1.82, 2.24) is 19.1 Å². The molecule has 3 aromatic carbocycles. The van der Waals surface area contributed by atoms with Gasteiger partial charge in [-0.05, 0) is 73.5 Å². The first-order valence-corrected chi connectivity index (χ1v) is 15.0. The largest absolute Gasteiger partial charge is 0.454 e. The third-order valence-corrected chi connectivity index (χ3v) is 8.79. The van der Waals surface area contributed by atoms with Crippen LogP contribution in [-0.4, -0.2) is 59.6 Å². The monoisotopic (exact) mass is 604 g/mol. The summed E-state index contributed by atoms with van der Waals surface area (Å²) in [6.45, 7) is 4.86. The maximum absolute atomic E-state index is 14.0. The van der Waals surface area contributed by atoms with Gasteiger partial charge in [-0.2, -0.15) is 17.8 Å². The van der Waals surface area contributed by atoms with Gasteiger partial charge in [0.05, 0.1) is 42.0 Å². The molecule has 1 saturated heterocycles. The number of morpholine rings is 1. The minimum Gasteiger partial charge on any atom is -0.454 e. The number of carbonyl (C=O) groups excluding carboxylic acids is 1. The van der Waals surface area contributed by atoms with Gasteiger partial charge in [0, 0.05) is 24.0 Å². The van der Waals surface area contributed by atoms with Crippen LogP contribution in [0.15, 0.2) is 66.9 Å². The maximum Gasteiger partial charge on any atom is 0.301 e. The Hall–Kier alpha value is -4.72. The fraction of sp³-hybridized carbons (Fsp3) is 0.200. The smallest absolute Gasteiger partial charge is 0.301 e. The molecule has 222 valence electrons. The van der Waals surface area contributed by atoms with Gasteiger partial charge in [0.2, 0.25) is 5.78 Å². The van der Waals surface area contributed by atoms with Crippen molar-refractivity contribution in [2.45, 2.75) is 13.8 Å². The van der Waals surface area contributed by atoms with Crippen molar-refractivity contribution in [1.29, 1.82) is 0 Å². The molecule has 1 aliphatic rings. The van der Waals surface area contributed by atoms with Crippen LogP contribution in [0, 0.1) is 19.7 Å². The highest BCUT2D eigenvalue weighted by molar-refractivity contribution is 7.90. The molecule has 13 heteroatoms. The van der Waals surface area contributed by atoms with E-state index in [0.717, 1.165) is 10.9 Å². The molecule has 1 aliphatic heterocycles. The second kappa shape index (κ2) is 11.2. The van der Waals surface area contributed by atoms with E-state index in [0.29, 0.717) is 41.4 Å². The van der Waals surface area contributed by atoms with Gasteiger partial charge in [0.1, 0.15) is 11.6 Å². The molecule has 5 aromatic rings. The Balaban J connectivity index is 1.24. The zero-order valence-corrected chi connectivity index (χ0v) is 24.2. The number of aromatic amines is 1. The molecule has 0 unspecified atom stereocenters. The number of ketones is 1. The van der Waals surface area contributed by atoms with Crippen LogP contribution in [0.1, 0.15) is 27.2 Å². The molecule has 0 aliphatic carbocycles. The number of hydrogen-bond donors (Lipinski definition) is 3. The Labute approximate surface area is 247 Å². The summed E-state index contributed by atoms with van der Waals surface area (Å²) < 4.78 is 56.2. The van der Waals surface area contributed by atoms with Gasteiger partial charge in [-0.25, -0.2) is 9.07 Å². The Morgan fingerprint density at radius 1 is 1.07 bits per heavy atom. The number of H-pyrrole nitrogens is 1. The SMILES string of the molecule is Cc1cc2cc(C(=O)c3cnn(-c4ccc(Oc5ccccc5F)cc4C)c3N)[nH]c2cc1NS(=O)(=O)N1CCOCC1. The number of anilines is 2. The predicted molar refractivity (Wildman–Crippen MR) is 161 cm³/mol. The summed E-state index contributed by atoms with van der Waals surface area (Å²) in [4.78, 5) is 16.6. The minimum absolute atomic E-state index is 0.108. The normalized spacial score (nSPS) is 14.2. The van der Waals surface area contributed by atoms with Crippen molar-refractivity contribution in [2.24, 2.45) is 0 Å². The van der Waals surface area contributed by atoms with Crippen molar-refractivity contribution >= 4 is 38.4 Å². The van der Waals surface area contributed by atoms with Gasteiger partial charge in [-0.3, -0.25) is 9.52 Å². The molecule has 2 aromatic heterocycles. The maximum atomic E-state index is 14.0. The molecule has 6 rings (SSSR count). The Morgan fingerprint density at radius 2 is 1.84 bits per heavy atom. The van der Waals surface area contributed by atoms with Crippen LogP contribution in [0.25, 0.3) is 16.6 Å². The van der Waals surface area contributed by atoms with E-state index in [1.807, 2.05) is 6.92 Å². The summed E-state index contributed by atoms with van der Waals surface area (Å²) >= 11 is 0. The molecule has 0 amide bonds. The van der Waals surface area contributed by atoms with Crippen LogP contribution >= 0.6 is 0 Å². The molecule has 0 radical (unpaired) electrons. The van der Waals surface area contributed by atoms with E-state index < -0.39 is 16.0 Å². The second-order valence-electron chi connectivity index (χ2n) is 10.2. The van der Waals surface area contributed by atoms with E-state index in [1.165, 1.54) is 27.3 Å². The molecule has 4 N–H and O–H groups in total. The summed E-state index contributed by atoms with van der Waals surface area (Å²) in [6.07, 6.45) is 1.40. The van der Waals surface area contributed by atoms with Crippen LogP contribution in [0.5, 0.6) is 11.5 Å². The van der Waals surface area contributed by atoms with Crippen molar-refractivity contribution in [3.05, 3.63) is 95.1 Å². The summed E-state index contributed by atoms with van der Waals surface area (Å²) in [5, 5.41) is 5.09. The summed E-state index contributed by atoms with van der Waals surface area (Å²) in [7, 11) is -3.76. The molecular weight excluding hydrogens is 575 g/mol. The predicted octanol–water partition coefficient (Wildman–Crippen LogP) is 4.70. The highest BCUT2D eigenvalue weighted by atomic mass is 32.2. The van der Waals surface area contributed by atoms with Crippen molar-refractivity contribution in [2.75, 3.05) is 36.8 Å². The molecule has 0 saturated carbocycles. The number of nitrogens with two attached hydrogens (primary N) is 1. The third-order valence-electron chi connectivity index (χ3n) is 7.27. The molecule has 1 fully saturated rings. The first-order chi connectivity index (χ1) is 20.6. The van der Waals surface area contributed by atoms with Gasteiger partial charge in [-0.1, -0.05) is 12.1 Å². The van der Waals surface area contributed by atoms with Gasteiger partial charge in [0.15, 0.2) is 11.6 Å². The molecule has 43 heavy (non-hydrogen) atoms. The van der Waals surface area contributed by atoms with Crippen LogP contribution in [0.2, 0.25) is 0 Å². The number of para-hydroxylation sites is 1. The highest BCUT2D eigenvalue weighted by Gasteiger charge is 2.25. The van der Waals surface area contributed by atoms with E-state index in [1.54, 1.807) is 55.5 Å². The average Bonchev–Trinajstić information content (AvgIpc) is 3.57. The summed E-state index contributed by atoms with van der Waals surface area (Å²) in [5.41, 5.74) is 9.94. The topological polar surface area (TPSA) is 145 Å². The number of nitrogens with zero attached hydrogens (tertiary/aromatic N) is 3. The molecule has 0 bridgehead atoms. The standard InChI is InChI=1S/C30H29FN6O5S/c1-18-13-20-15-26(34-25(20)16-24(18)35-43(39,40)36-9-11-41-12-10-36)29(38)22-17-33-37(30(22)32)27-8-7-21(14-19(27)2)42-28-6-4-3-5-23(28)31/h3-8,13-17,34-35H,9-12,32H2,1-2H3. The van der Waals surface area contributed by atoms with Gasteiger partial charge < -0.3 is 20.2 Å². The number of nitrogen functional groups attached to an aromatic ring is 1. The first kappa shape index (κ1) is 28.4. The van der Waals surface area contributed by atoms with Crippen LogP contribution < -0.4 is 15.2 Å². The zero-order valence-electron chi connectivity index (χ0n) is 23.4. The molecular formula is C30H29FN6O5S. The summed E-state index contributed by atoms with van der Waals surface area (Å²) in [6, 6.07) is 16.4. The molecule has 11 nitrogen and oxygen atoms in total. The van der Waals surface area contributed by atoms with Gasteiger partial charge >= 0.3 is 10.2 Å². The van der Waals surface area contributed by atoms with E-state index >= 15 is 0 Å². The fourth-order valence-electron chi connectivity index (χ4n) is 4.97. The molecule has 0 spiro atoms. The molecule has 3 heterocycles. The number of aromatic nitrogens is 3. The van der Waals surface area contributed by atoms with Crippen molar-refractivity contribution in [3.63, 3.8) is 0 Å². The van der Waals surface area contributed by atoms with E-state index in [9.17, 15) is 17.6 Å². The Kier molecular flexibility index (Phi) is 7.38. The lowest BCUT2D eigenvalue weighted by Gasteiger charge is -2.26. The number of hydrogen-bond acceptors (Lipinski definition) is 7.